The Labute approximate surface area is 217 Å². The molecule has 4 aliphatic carbocycles. The zero-order valence-corrected chi connectivity index (χ0v) is 23.1. The van der Waals surface area contributed by atoms with Gasteiger partial charge < -0.3 is 15.1 Å². The first-order valence-electron chi connectivity index (χ1n) is 14.5. The average molecular weight is 526 g/mol. The molecule has 1 heterocycles. The fraction of sp³-hybridized carbons (Fsp3) is 0.964. The zero-order chi connectivity index (χ0) is 26.0. The number of hydrogen-bond donors (Lipinski definition) is 3. The number of carbonyl (C=O) groups is 1. The van der Waals surface area contributed by atoms with Gasteiger partial charge in [-0.3, -0.25) is 9.35 Å². The maximum atomic E-state index is 12.8. The lowest BCUT2D eigenvalue weighted by Gasteiger charge is -2.62. The second kappa shape index (κ2) is 9.49. The van der Waals surface area contributed by atoms with Gasteiger partial charge in [-0.25, -0.2) is 0 Å². The van der Waals surface area contributed by atoms with E-state index >= 15 is 0 Å². The van der Waals surface area contributed by atoms with Gasteiger partial charge in [0.05, 0.1) is 12.2 Å². The van der Waals surface area contributed by atoms with E-state index in [-0.39, 0.29) is 35.5 Å². The summed E-state index contributed by atoms with van der Waals surface area (Å²) in [6.07, 6.45) is 9.39. The number of likely N-dealkylation sites (tertiary alicyclic amines) is 1. The molecule has 8 heteroatoms. The maximum absolute atomic E-state index is 12.8. The SMILES string of the molecule is C[C@H](CCC(=O)N1CC[C@@H](S(=O)(=O)O)C1)[C@H]1CC[C@H]2[C@@H]3CC[C@@H]4C[C@H](O)CC[C@]4(C)[C@H]3C[C@H](O)[C@]12C. The molecular weight excluding hydrogens is 478 g/mol. The van der Waals surface area contributed by atoms with Crippen molar-refractivity contribution in [1.29, 1.82) is 0 Å². The van der Waals surface area contributed by atoms with Crippen molar-refractivity contribution in [3.05, 3.63) is 0 Å². The lowest BCUT2D eigenvalue weighted by atomic mass is 9.43. The minimum atomic E-state index is -4.10. The van der Waals surface area contributed by atoms with Crippen LogP contribution < -0.4 is 0 Å². The molecule has 5 fully saturated rings. The molecule has 0 bridgehead atoms. The van der Waals surface area contributed by atoms with E-state index in [1.54, 1.807) is 4.90 Å². The van der Waals surface area contributed by atoms with E-state index in [9.17, 15) is 28.0 Å². The number of carbonyl (C=O) groups excluding carboxylic acids is 1. The van der Waals surface area contributed by atoms with Crippen molar-refractivity contribution in [2.45, 2.75) is 109 Å². The Morgan fingerprint density at radius 3 is 2.47 bits per heavy atom. The molecule has 5 rings (SSSR count). The quantitative estimate of drug-likeness (QED) is 0.469. The van der Waals surface area contributed by atoms with Crippen molar-refractivity contribution < 1.29 is 28.0 Å². The van der Waals surface area contributed by atoms with E-state index in [1.807, 2.05) is 0 Å². The first-order chi connectivity index (χ1) is 16.9. The van der Waals surface area contributed by atoms with Crippen LogP contribution in [0, 0.1) is 46.3 Å². The van der Waals surface area contributed by atoms with Crippen LogP contribution in [0.1, 0.15) is 91.4 Å². The predicted molar refractivity (Wildman–Crippen MR) is 138 cm³/mol. The van der Waals surface area contributed by atoms with Crippen LogP contribution in [-0.4, -0.2) is 64.5 Å². The molecule has 36 heavy (non-hydrogen) atoms. The largest absolute Gasteiger partial charge is 0.393 e. The van der Waals surface area contributed by atoms with E-state index in [4.69, 9.17) is 0 Å². The molecule has 5 aliphatic rings. The fourth-order valence-electron chi connectivity index (χ4n) is 10.1. The van der Waals surface area contributed by atoms with Gasteiger partial charge >= 0.3 is 0 Å². The van der Waals surface area contributed by atoms with E-state index in [2.05, 4.69) is 20.8 Å². The third kappa shape index (κ3) is 4.36. The number of amides is 1. The number of fused-ring (bicyclic) bond motifs is 5. The Morgan fingerprint density at radius 1 is 1.03 bits per heavy atom. The minimum absolute atomic E-state index is 0.0253. The highest BCUT2D eigenvalue weighted by Gasteiger charge is 2.63. The summed E-state index contributed by atoms with van der Waals surface area (Å²) in [4.78, 5) is 14.4. The Kier molecular flexibility index (Phi) is 7.09. The predicted octanol–water partition coefficient (Wildman–Crippen LogP) is 3.88. The fourth-order valence-corrected chi connectivity index (χ4v) is 10.8. The van der Waals surface area contributed by atoms with Gasteiger partial charge in [-0.15, -0.1) is 0 Å². The second-order valence-electron chi connectivity index (χ2n) is 13.7. The minimum Gasteiger partial charge on any atom is -0.393 e. The van der Waals surface area contributed by atoms with Crippen LogP contribution in [-0.2, 0) is 14.9 Å². The Bertz CT molecular complexity index is 956. The average Bonchev–Trinajstić information content (AvgIpc) is 3.45. The van der Waals surface area contributed by atoms with Crippen molar-refractivity contribution >= 4 is 16.0 Å². The van der Waals surface area contributed by atoms with Gasteiger partial charge in [-0.05, 0) is 111 Å². The summed E-state index contributed by atoms with van der Waals surface area (Å²) in [5.74, 6) is 2.96. The Hall–Kier alpha value is -0.700. The van der Waals surface area contributed by atoms with Gasteiger partial charge in [0.1, 0.15) is 5.25 Å². The van der Waals surface area contributed by atoms with E-state index in [1.165, 1.54) is 12.8 Å². The monoisotopic (exact) mass is 525 g/mol. The van der Waals surface area contributed by atoms with Crippen LogP contribution in [0.4, 0.5) is 0 Å². The van der Waals surface area contributed by atoms with E-state index in [0.29, 0.717) is 54.9 Å². The Balaban J connectivity index is 1.24. The second-order valence-corrected chi connectivity index (χ2v) is 15.4. The third-order valence-corrected chi connectivity index (χ3v) is 13.5. The highest BCUT2D eigenvalue weighted by Crippen LogP contribution is 2.68. The lowest BCUT2D eigenvalue weighted by molar-refractivity contribution is -0.175. The summed E-state index contributed by atoms with van der Waals surface area (Å²) >= 11 is 0. The molecule has 206 valence electrons. The van der Waals surface area contributed by atoms with Crippen molar-refractivity contribution in [2.75, 3.05) is 13.1 Å². The summed E-state index contributed by atoms with van der Waals surface area (Å²) in [6, 6.07) is 0. The molecule has 3 N–H and O–H groups in total. The molecule has 1 aliphatic heterocycles. The van der Waals surface area contributed by atoms with Gasteiger partial charge in [0.25, 0.3) is 10.1 Å². The highest BCUT2D eigenvalue weighted by molar-refractivity contribution is 7.86. The first kappa shape index (κ1) is 26.9. The van der Waals surface area contributed by atoms with Crippen LogP contribution >= 0.6 is 0 Å². The van der Waals surface area contributed by atoms with Crippen molar-refractivity contribution in [3.8, 4) is 0 Å². The van der Waals surface area contributed by atoms with Gasteiger partial charge in [0.2, 0.25) is 5.91 Å². The summed E-state index contributed by atoms with van der Waals surface area (Å²) in [7, 11) is -4.10. The van der Waals surface area contributed by atoms with E-state index < -0.39 is 15.4 Å². The molecule has 7 nitrogen and oxygen atoms in total. The standard InChI is InChI=1S/C28H47NO6S/c1-17(4-9-26(32)29-13-11-20(16-29)36(33,34)35)22-7-8-23-21-6-5-18-14-19(30)10-12-27(18,2)24(21)15-25(31)28(22,23)3/h17-25,30-31H,4-16H2,1-3H3,(H,33,34,35)/t17-,18-,19-,20-,21+,22-,23+,24+,25+,27+,28-/m1/s1. The van der Waals surface area contributed by atoms with Crippen LogP contribution in [0.25, 0.3) is 0 Å². The summed E-state index contributed by atoms with van der Waals surface area (Å²) in [5.41, 5.74) is 0.112. The van der Waals surface area contributed by atoms with Gasteiger partial charge in [0, 0.05) is 19.5 Å². The van der Waals surface area contributed by atoms with Crippen LogP contribution in [0.15, 0.2) is 0 Å². The van der Waals surface area contributed by atoms with Gasteiger partial charge in [-0.1, -0.05) is 20.8 Å². The van der Waals surface area contributed by atoms with Crippen LogP contribution in [0.3, 0.4) is 0 Å². The number of rotatable bonds is 5. The molecule has 4 saturated carbocycles. The molecule has 1 saturated heterocycles. The number of aliphatic hydroxyl groups excluding tert-OH is 2. The lowest BCUT2D eigenvalue weighted by Crippen LogP contribution is -2.58. The summed E-state index contributed by atoms with van der Waals surface area (Å²) < 4.78 is 32.2. The van der Waals surface area contributed by atoms with E-state index in [0.717, 1.165) is 44.9 Å². The molecular formula is C28H47NO6S. The Morgan fingerprint density at radius 2 is 1.78 bits per heavy atom. The highest BCUT2D eigenvalue weighted by atomic mass is 32.2. The molecule has 0 radical (unpaired) electrons. The molecule has 1 amide bonds. The maximum Gasteiger partial charge on any atom is 0.269 e. The van der Waals surface area contributed by atoms with Crippen LogP contribution in [0.2, 0.25) is 0 Å². The first-order valence-corrected chi connectivity index (χ1v) is 16.0. The molecule has 0 spiro atoms. The van der Waals surface area contributed by atoms with Crippen molar-refractivity contribution in [2.24, 2.45) is 46.3 Å². The normalized spacial score (nSPS) is 47.7. The molecule has 0 unspecified atom stereocenters. The molecule has 0 aromatic heterocycles. The van der Waals surface area contributed by atoms with Crippen molar-refractivity contribution in [1.82, 2.24) is 4.90 Å². The summed E-state index contributed by atoms with van der Waals surface area (Å²) in [5, 5.41) is 21.1. The number of aliphatic hydroxyl groups is 2. The molecule has 0 aromatic carbocycles. The van der Waals surface area contributed by atoms with Crippen LogP contribution in [0.5, 0.6) is 0 Å². The van der Waals surface area contributed by atoms with Gasteiger partial charge in [-0.2, -0.15) is 8.42 Å². The molecule has 11 atom stereocenters. The third-order valence-electron chi connectivity index (χ3n) is 12.2. The van der Waals surface area contributed by atoms with Gasteiger partial charge in [0.15, 0.2) is 0 Å². The van der Waals surface area contributed by atoms with Crippen molar-refractivity contribution in [3.63, 3.8) is 0 Å². The summed E-state index contributed by atoms with van der Waals surface area (Å²) in [6.45, 7) is 7.48. The topological polar surface area (TPSA) is 115 Å². The number of hydrogen-bond acceptors (Lipinski definition) is 5. The number of nitrogens with zero attached hydrogens (tertiary/aromatic N) is 1. The molecule has 0 aromatic rings. The smallest absolute Gasteiger partial charge is 0.269 e. The zero-order valence-electron chi connectivity index (χ0n) is 22.3.